The van der Waals surface area contributed by atoms with Gasteiger partial charge in [0.1, 0.15) is 0 Å². The van der Waals surface area contributed by atoms with Crippen molar-refractivity contribution in [3.8, 4) is 11.4 Å². The standard InChI is InChI=1S/C14H10FN5O3/c15-11-7-10(20(21)22)1-2-12(11)17-8-13-18-14(19-23-13)9-3-5-16-6-4-9/h1-7,17H,8H2. The molecule has 0 unspecified atom stereocenters. The van der Waals surface area contributed by atoms with Gasteiger partial charge in [0.25, 0.3) is 5.69 Å². The number of hydrogen-bond acceptors (Lipinski definition) is 7. The number of anilines is 1. The molecule has 9 heteroatoms. The van der Waals surface area contributed by atoms with E-state index in [1.807, 2.05) is 0 Å². The van der Waals surface area contributed by atoms with Crippen molar-refractivity contribution in [3.63, 3.8) is 0 Å². The van der Waals surface area contributed by atoms with Gasteiger partial charge in [0.15, 0.2) is 5.82 Å². The summed E-state index contributed by atoms with van der Waals surface area (Å²) in [5, 5.41) is 17.1. The van der Waals surface area contributed by atoms with Gasteiger partial charge in [-0.2, -0.15) is 4.98 Å². The van der Waals surface area contributed by atoms with E-state index in [9.17, 15) is 14.5 Å². The predicted octanol–water partition coefficient (Wildman–Crippen LogP) is 2.79. The zero-order valence-electron chi connectivity index (χ0n) is 11.6. The van der Waals surface area contributed by atoms with Crippen LogP contribution in [0.4, 0.5) is 15.8 Å². The fourth-order valence-electron chi connectivity index (χ4n) is 1.88. The number of nitrogens with zero attached hydrogens (tertiary/aromatic N) is 4. The quantitative estimate of drug-likeness (QED) is 0.569. The summed E-state index contributed by atoms with van der Waals surface area (Å²) in [4.78, 5) is 18.0. The third-order valence-electron chi connectivity index (χ3n) is 3.00. The number of halogens is 1. The van der Waals surface area contributed by atoms with Crippen molar-refractivity contribution in [3.05, 3.63) is 64.5 Å². The molecule has 2 aromatic heterocycles. The van der Waals surface area contributed by atoms with Crippen LogP contribution in [0.2, 0.25) is 0 Å². The van der Waals surface area contributed by atoms with Crippen LogP contribution in [-0.2, 0) is 6.54 Å². The van der Waals surface area contributed by atoms with Crippen molar-refractivity contribution in [1.29, 1.82) is 0 Å². The molecule has 0 fully saturated rings. The van der Waals surface area contributed by atoms with E-state index in [1.54, 1.807) is 24.5 Å². The van der Waals surface area contributed by atoms with Gasteiger partial charge in [-0.15, -0.1) is 0 Å². The van der Waals surface area contributed by atoms with Crippen molar-refractivity contribution in [2.24, 2.45) is 0 Å². The molecule has 23 heavy (non-hydrogen) atoms. The Hall–Kier alpha value is -3.36. The van der Waals surface area contributed by atoms with Crippen molar-refractivity contribution in [2.75, 3.05) is 5.32 Å². The van der Waals surface area contributed by atoms with Gasteiger partial charge in [0, 0.05) is 24.0 Å². The fraction of sp³-hybridized carbons (Fsp3) is 0.0714. The third kappa shape index (κ3) is 3.28. The van der Waals surface area contributed by atoms with E-state index in [-0.39, 0.29) is 23.8 Å². The number of nitro benzene ring substituents is 1. The Morgan fingerprint density at radius 3 is 2.74 bits per heavy atom. The van der Waals surface area contributed by atoms with E-state index in [4.69, 9.17) is 4.52 Å². The molecule has 0 spiro atoms. The highest BCUT2D eigenvalue weighted by molar-refractivity contribution is 5.53. The van der Waals surface area contributed by atoms with Gasteiger partial charge in [-0.1, -0.05) is 5.16 Å². The highest BCUT2D eigenvalue weighted by atomic mass is 19.1. The van der Waals surface area contributed by atoms with Gasteiger partial charge < -0.3 is 9.84 Å². The summed E-state index contributed by atoms with van der Waals surface area (Å²) in [5.74, 6) is -0.0731. The molecule has 0 radical (unpaired) electrons. The topological polar surface area (TPSA) is 107 Å². The second-order valence-corrected chi connectivity index (χ2v) is 4.52. The largest absolute Gasteiger partial charge is 0.374 e. The Bertz CT molecular complexity index is 837. The van der Waals surface area contributed by atoms with E-state index in [2.05, 4.69) is 20.4 Å². The summed E-state index contributed by atoms with van der Waals surface area (Å²) in [6.07, 6.45) is 3.21. The Labute approximate surface area is 129 Å². The summed E-state index contributed by atoms with van der Waals surface area (Å²) in [7, 11) is 0. The number of nitrogens with one attached hydrogen (secondary N) is 1. The van der Waals surface area contributed by atoms with Gasteiger partial charge in [0.05, 0.1) is 23.2 Å². The van der Waals surface area contributed by atoms with Crippen LogP contribution in [0.15, 0.2) is 47.2 Å². The number of pyridine rings is 1. The zero-order valence-corrected chi connectivity index (χ0v) is 11.6. The molecule has 0 amide bonds. The lowest BCUT2D eigenvalue weighted by Crippen LogP contribution is -2.02. The minimum Gasteiger partial charge on any atom is -0.374 e. The maximum absolute atomic E-state index is 13.7. The van der Waals surface area contributed by atoms with Crippen LogP contribution in [0.1, 0.15) is 5.89 Å². The molecule has 2 heterocycles. The van der Waals surface area contributed by atoms with E-state index >= 15 is 0 Å². The molecule has 0 aliphatic rings. The highest BCUT2D eigenvalue weighted by Gasteiger charge is 2.12. The van der Waals surface area contributed by atoms with Crippen LogP contribution in [0.5, 0.6) is 0 Å². The van der Waals surface area contributed by atoms with Crippen molar-refractivity contribution in [1.82, 2.24) is 15.1 Å². The maximum Gasteiger partial charge on any atom is 0.272 e. The Morgan fingerprint density at radius 2 is 2.04 bits per heavy atom. The molecule has 0 saturated heterocycles. The summed E-state index contributed by atoms with van der Waals surface area (Å²) < 4.78 is 18.8. The summed E-state index contributed by atoms with van der Waals surface area (Å²) in [6, 6.07) is 6.81. The number of rotatable bonds is 5. The Balaban J connectivity index is 1.70. The monoisotopic (exact) mass is 315 g/mol. The lowest BCUT2D eigenvalue weighted by atomic mass is 10.2. The molecular weight excluding hydrogens is 305 g/mol. The third-order valence-corrected chi connectivity index (χ3v) is 3.00. The first-order valence-corrected chi connectivity index (χ1v) is 6.54. The van der Waals surface area contributed by atoms with Crippen LogP contribution in [0.3, 0.4) is 0 Å². The smallest absolute Gasteiger partial charge is 0.272 e. The second kappa shape index (κ2) is 6.18. The normalized spacial score (nSPS) is 10.5. The summed E-state index contributed by atoms with van der Waals surface area (Å²) >= 11 is 0. The first-order chi connectivity index (χ1) is 11.1. The summed E-state index contributed by atoms with van der Waals surface area (Å²) in [5.41, 5.74) is 0.543. The number of nitro groups is 1. The highest BCUT2D eigenvalue weighted by Crippen LogP contribution is 2.21. The van der Waals surface area contributed by atoms with E-state index in [0.717, 1.165) is 11.6 Å². The van der Waals surface area contributed by atoms with E-state index in [1.165, 1.54) is 12.1 Å². The first-order valence-electron chi connectivity index (χ1n) is 6.54. The van der Waals surface area contributed by atoms with Crippen molar-refractivity contribution >= 4 is 11.4 Å². The maximum atomic E-state index is 13.7. The summed E-state index contributed by atoms with van der Waals surface area (Å²) in [6.45, 7) is 0.0901. The molecule has 1 aromatic carbocycles. The molecule has 0 saturated carbocycles. The Kier molecular flexibility index (Phi) is 3.91. The predicted molar refractivity (Wildman–Crippen MR) is 77.9 cm³/mol. The molecule has 3 aromatic rings. The fourth-order valence-corrected chi connectivity index (χ4v) is 1.88. The first kappa shape index (κ1) is 14.6. The zero-order chi connectivity index (χ0) is 16.2. The lowest BCUT2D eigenvalue weighted by Gasteiger charge is -2.04. The van der Waals surface area contributed by atoms with E-state index in [0.29, 0.717) is 5.82 Å². The van der Waals surface area contributed by atoms with Gasteiger partial charge in [-0.3, -0.25) is 15.1 Å². The van der Waals surface area contributed by atoms with Gasteiger partial charge in [-0.25, -0.2) is 4.39 Å². The van der Waals surface area contributed by atoms with Gasteiger partial charge in [-0.05, 0) is 18.2 Å². The molecule has 3 rings (SSSR count). The number of benzene rings is 1. The van der Waals surface area contributed by atoms with Crippen LogP contribution in [-0.4, -0.2) is 20.0 Å². The lowest BCUT2D eigenvalue weighted by molar-refractivity contribution is -0.385. The Morgan fingerprint density at radius 1 is 1.26 bits per heavy atom. The van der Waals surface area contributed by atoms with Crippen LogP contribution in [0.25, 0.3) is 11.4 Å². The van der Waals surface area contributed by atoms with Gasteiger partial charge in [0.2, 0.25) is 11.7 Å². The molecule has 0 aliphatic heterocycles. The number of non-ortho nitro benzene ring substituents is 1. The molecule has 0 atom stereocenters. The molecule has 1 N–H and O–H groups in total. The van der Waals surface area contributed by atoms with Crippen molar-refractivity contribution in [2.45, 2.75) is 6.54 Å². The minimum absolute atomic E-state index is 0.0901. The second-order valence-electron chi connectivity index (χ2n) is 4.52. The van der Waals surface area contributed by atoms with E-state index < -0.39 is 10.7 Å². The van der Waals surface area contributed by atoms with Gasteiger partial charge >= 0.3 is 0 Å². The van der Waals surface area contributed by atoms with Crippen molar-refractivity contribution < 1.29 is 13.8 Å². The molecule has 0 aliphatic carbocycles. The molecule has 116 valence electrons. The average Bonchev–Trinajstić information content (AvgIpc) is 3.03. The SMILES string of the molecule is O=[N+]([O-])c1ccc(NCc2nc(-c3ccncc3)no2)c(F)c1. The molecule has 8 nitrogen and oxygen atoms in total. The number of aromatic nitrogens is 3. The molecular formula is C14H10FN5O3. The average molecular weight is 315 g/mol. The minimum atomic E-state index is -0.729. The van der Waals surface area contributed by atoms with Crippen LogP contribution < -0.4 is 5.32 Å². The van der Waals surface area contributed by atoms with Crippen LogP contribution >= 0.6 is 0 Å². The number of hydrogen-bond donors (Lipinski definition) is 1. The molecule has 0 bridgehead atoms. The van der Waals surface area contributed by atoms with Crippen LogP contribution in [0, 0.1) is 15.9 Å².